The summed E-state index contributed by atoms with van der Waals surface area (Å²) < 4.78 is 18.5. The fraction of sp³-hybridized carbons (Fsp3) is 0.385. The zero-order valence-corrected chi connectivity index (χ0v) is 10.6. The van der Waals surface area contributed by atoms with Crippen molar-refractivity contribution < 1.29 is 28.9 Å². The predicted molar refractivity (Wildman–Crippen MR) is 64.0 cm³/mol. The Morgan fingerprint density at radius 1 is 1.37 bits per heavy atom. The zero-order valence-electron chi connectivity index (χ0n) is 10.6. The minimum atomic E-state index is -1.91. The first-order valence-electron chi connectivity index (χ1n) is 5.72. The van der Waals surface area contributed by atoms with Crippen molar-refractivity contribution in [1.82, 2.24) is 0 Å². The fourth-order valence-electron chi connectivity index (χ4n) is 1.58. The maximum absolute atomic E-state index is 13.9. The van der Waals surface area contributed by atoms with E-state index in [1.54, 1.807) is 0 Å². The van der Waals surface area contributed by atoms with Gasteiger partial charge in [0.05, 0.1) is 12.2 Å². The van der Waals surface area contributed by atoms with Crippen LogP contribution in [0.2, 0.25) is 0 Å². The molecule has 0 bridgehead atoms. The van der Waals surface area contributed by atoms with E-state index in [2.05, 4.69) is 4.74 Å². The van der Waals surface area contributed by atoms with Crippen LogP contribution >= 0.6 is 0 Å². The lowest BCUT2D eigenvalue weighted by Gasteiger charge is -2.18. The van der Waals surface area contributed by atoms with E-state index in [4.69, 9.17) is 0 Å². The molecule has 0 aliphatic rings. The molecule has 0 radical (unpaired) electrons. The second-order valence-corrected chi connectivity index (χ2v) is 3.91. The van der Waals surface area contributed by atoms with Crippen LogP contribution in [0.4, 0.5) is 4.39 Å². The molecule has 6 heteroatoms. The van der Waals surface area contributed by atoms with Crippen LogP contribution < -0.4 is 0 Å². The lowest BCUT2D eigenvalue weighted by molar-refractivity contribution is -0.159. The number of hydrogen-bond donors (Lipinski definition) is 2. The molecular formula is C13H15FO5. The third-order valence-electron chi connectivity index (χ3n) is 2.55. The van der Waals surface area contributed by atoms with Crippen molar-refractivity contribution in [2.45, 2.75) is 26.1 Å². The van der Waals surface area contributed by atoms with Crippen LogP contribution in [-0.2, 0) is 9.53 Å². The highest BCUT2D eigenvalue weighted by Gasteiger charge is 2.30. The number of ether oxygens (including phenoxy) is 1. The quantitative estimate of drug-likeness (QED) is 0.615. The molecule has 0 saturated heterocycles. The first-order chi connectivity index (χ1) is 8.90. The van der Waals surface area contributed by atoms with Crippen molar-refractivity contribution in [2.24, 2.45) is 0 Å². The van der Waals surface area contributed by atoms with Gasteiger partial charge in [0.25, 0.3) is 0 Å². The molecule has 0 aromatic heterocycles. The molecule has 2 unspecified atom stereocenters. The molecule has 0 aliphatic carbocycles. The molecule has 104 valence electrons. The zero-order chi connectivity index (χ0) is 14.6. The summed E-state index contributed by atoms with van der Waals surface area (Å²) in [5, 5.41) is 19.3. The van der Waals surface area contributed by atoms with E-state index < -0.39 is 29.8 Å². The number of ketones is 1. The molecule has 1 aromatic carbocycles. The van der Waals surface area contributed by atoms with E-state index in [-0.39, 0.29) is 17.7 Å². The SMILES string of the molecule is CCOC(=O)C(O)C(O)c1cccc(C(C)=O)c1F. The van der Waals surface area contributed by atoms with E-state index in [1.807, 2.05) is 0 Å². The van der Waals surface area contributed by atoms with Gasteiger partial charge in [-0.25, -0.2) is 9.18 Å². The molecule has 0 spiro atoms. The Balaban J connectivity index is 3.06. The van der Waals surface area contributed by atoms with E-state index >= 15 is 0 Å². The number of benzene rings is 1. The van der Waals surface area contributed by atoms with Gasteiger partial charge < -0.3 is 14.9 Å². The summed E-state index contributed by atoms with van der Waals surface area (Å²) >= 11 is 0. The summed E-state index contributed by atoms with van der Waals surface area (Å²) in [4.78, 5) is 22.4. The molecule has 1 aromatic rings. The van der Waals surface area contributed by atoms with Crippen LogP contribution in [0.25, 0.3) is 0 Å². The maximum Gasteiger partial charge on any atom is 0.338 e. The summed E-state index contributed by atoms with van der Waals surface area (Å²) in [6.45, 7) is 2.74. The Hall–Kier alpha value is -1.79. The Bertz CT molecular complexity index is 486. The highest BCUT2D eigenvalue weighted by molar-refractivity contribution is 5.94. The molecule has 5 nitrogen and oxygen atoms in total. The average Bonchev–Trinajstić information content (AvgIpc) is 2.37. The first kappa shape index (κ1) is 15.3. The Labute approximate surface area is 109 Å². The van der Waals surface area contributed by atoms with E-state index in [0.29, 0.717) is 0 Å². The molecular weight excluding hydrogens is 255 g/mol. The molecule has 19 heavy (non-hydrogen) atoms. The summed E-state index contributed by atoms with van der Waals surface area (Å²) in [7, 11) is 0. The molecule has 0 fully saturated rings. The van der Waals surface area contributed by atoms with Crippen molar-refractivity contribution in [2.75, 3.05) is 6.61 Å². The van der Waals surface area contributed by atoms with Gasteiger partial charge in [0.2, 0.25) is 0 Å². The van der Waals surface area contributed by atoms with Gasteiger partial charge in [0.1, 0.15) is 11.9 Å². The molecule has 0 heterocycles. The molecule has 0 saturated carbocycles. The number of aliphatic hydroxyl groups excluding tert-OH is 2. The third kappa shape index (κ3) is 3.36. The third-order valence-corrected chi connectivity index (χ3v) is 2.55. The smallest absolute Gasteiger partial charge is 0.338 e. The monoisotopic (exact) mass is 270 g/mol. The molecule has 2 atom stereocenters. The lowest BCUT2D eigenvalue weighted by Crippen LogP contribution is -2.30. The van der Waals surface area contributed by atoms with E-state index in [0.717, 1.165) is 0 Å². The predicted octanol–water partition coefficient (Wildman–Crippen LogP) is 0.986. The number of rotatable bonds is 5. The van der Waals surface area contributed by atoms with Gasteiger partial charge in [-0.1, -0.05) is 12.1 Å². The van der Waals surface area contributed by atoms with Gasteiger partial charge in [-0.15, -0.1) is 0 Å². The Morgan fingerprint density at radius 2 is 2.00 bits per heavy atom. The number of esters is 1. The van der Waals surface area contributed by atoms with E-state index in [1.165, 1.54) is 32.0 Å². The molecule has 0 aliphatic heterocycles. The van der Waals surface area contributed by atoms with Crippen LogP contribution in [-0.4, -0.2) is 34.7 Å². The number of carbonyl (C=O) groups excluding carboxylic acids is 2. The van der Waals surface area contributed by atoms with Gasteiger partial charge >= 0.3 is 5.97 Å². The van der Waals surface area contributed by atoms with Crippen LogP contribution in [0.15, 0.2) is 18.2 Å². The van der Waals surface area contributed by atoms with Crippen molar-refractivity contribution in [3.05, 3.63) is 35.1 Å². The highest BCUT2D eigenvalue weighted by Crippen LogP contribution is 2.23. The van der Waals surface area contributed by atoms with Crippen LogP contribution in [0.5, 0.6) is 0 Å². The van der Waals surface area contributed by atoms with Gasteiger partial charge in [-0.05, 0) is 19.9 Å². The van der Waals surface area contributed by atoms with Crippen LogP contribution in [0.3, 0.4) is 0 Å². The molecule has 2 N–H and O–H groups in total. The second-order valence-electron chi connectivity index (χ2n) is 3.91. The minimum Gasteiger partial charge on any atom is -0.464 e. The van der Waals surface area contributed by atoms with Crippen LogP contribution in [0, 0.1) is 5.82 Å². The number of halogens is 1. The molecule has 0 amide bonds. The normalized spacial score (nSPS) is 13.7. The lowest BCUT2D eigenvalue weighted by atomic mass is 9.99. The summed E-state index contributed by atoms with van der Waals surface area (Å²) in [5.74, 6) is -2.52. The number of aliphatic hydroxyl groups is 2. The van der Waals surface area contributed by atoms with Crippen molar-refractivity contribution in [3.63, 3.8) is 0 Å². The number of carbonyl (C=O) groups is 2. The summed E-state index contributed by atoms with van der Waals surface area (Å²) in [5.41, 5.74) is -0.541. The largest absolute Gasteiger partial charge is 0.464 e. The maximum atomic E-state index is 13.9. The highest BCUT2D eigenvalue weighted by atomic mass is 19.1. The van der Waals surface area contributed by atoms with Gasteiger partial charge in [-0.3, -0.25) is 4.79 Å². The fourth-order valence-corrected chi connectivity index (χ4v) is 1.58. The standard InChI is InChI=1S/C13H15FO5/c1-3-19-13(18)12(17)11(16)9-6-4-5-8(7(2)15)10(9)14/h4-6,11-12,16-17H,3H2,1-2H3. The Morgan fingerprint density at radius 3 is 2.53 bits per heavy atom. The number of Topliss-reactive ketones (excluding diaryl/α,β-unsaturated/α-hetero) is 1. The van der Waals surface area contributed by atoms with Crippen molar-refractivity contribution >= 4 is 11.8 Å². The Kier molecular flexibility index (Phi) is 5.14. The van der Waals surface area contributed by atoms with Gasteiger partial charge in [0, 0.05) is 5.56 Å². The van der Waals surface area contributed by atoms with Crippen molar-refractivity contribution in [3.8, 4) is 0 Å². The minimum absolute atomic E-state index is 0.0264. The average molecular weight is 270 g/mol. The summed E-state index contributed by atoms with van der Waals surface area (Å²) in [6, 6.07) is 3.80. The van der Waals surface area contributed by atoms with Crippen LogP contribution in [0.1, 0.15) is 35.9 Å². The van der Waals surface area contributed by atoms with Gasteiger partial charge in [0.15, 0.2) is 11.9 Å². The summed E-state index contributed by atoms with van der Waals surface area (Å²) in [6.07, 6.45) is -3.70. The first-order valence-corrected chi connectivity index (χ1v) is 5.72. The van der Waals surface area contributed by atoms with Crippen molar-refractivity contribution in [1.29, 1.82) is 0 Å². The molecule has 1 rings (SSSR count). The van der Waals surface area contributed by atoms with E-state index in [9.17, 15) is 24.2 Å². The van der Waals surface area contributed by atoms with Gasteiger partial charge in [-0.2, -0.15) is 0 Å². The topological polar surface area (TPSA) is 83.8 Å². The second kappa shape index (κ2) is 6.40. The number of hydrogen-bond acceptors (Lipinski definition) is 5.